The molecule has 190 valence electrons. The molecule has 5 rings (SSSR count). The second-order valence-electron chi connectivity index (χ2n) is 9.05. The Labute approximate surface area is 219 Å². The number of aliphatic imine (C=N–C) groups is 1. The summed E-state index contributed by atoms with van der Waals surface area (Å²) in [6.45, 7) is 6.06. The summed E-state index contributed by atoms with van der Waals surface area (Å²) in [5, 5.41) is 9.66. The number of thiophene rings is 1. The predicted octanol–water partition coefficient (Wildman–Crippen LogP) is 4.78. The molecule has 0 aliphatic carbocycles. The van der Waals surface area contributed by atoms with Crippen molar-refractivity contribution in [2.45, 2.75) is 38.1 Å². The zero-order valence-electron chi connectivity index (χ0n) is 21.1. The molecule has 0 N–H and O–H groups in total. The fraction of sp³-hybridized carbons (Fsp3) is 0.259. The molecule has 37 heavy (non-hydrogen) atoms. The summed E-state index contributed by atoms with van der Waals surface area (Å²) in [5.74, 6) is 0.978. The van der Waals surface area contributed by atoms with E-state index >= 15 is 0 Å². The summed E-state index contributed by atoms with van der Waals surface area (Å²) in [5.41, 5.74) is 5.69. The largest absolute Gasteiger partial charge is 0.469 e. The first-order valence-corrected chi connectivity index (χ1v) is 14.4. The number of sulfone groups is 1. The van der Waals surface area contributed by atoms with E-state index in [2.05, 4.69) is 24.0 Å². The molecule has 4 aromatic rings. The van der Waals surface area contributed by atoms with Crippen molar-refractivity contribution >= 4 is 32.9 Å². The van der Waals surface area contributed by atoms with Gasteiger partial charge in [-0.3, -0.25) is 14.4 Å². The quantitative estimate of drug-likeness (QED) is 0.342. The zero-order chi connectivity index (χ0) is 26.5. The van der Waals surface area contributed by atoms with E-state index in [4.69, 9.17) is 9.73 Å². The van der Waals surface area contributed by atoms with Crippen molar-refractivity contribution in [1.29, 1.82) is 0 Å². The van der Waals surface area contributed by atoms with Crippen LogP contribution in [0.5, 0.6) is 0 Å². The lowest BCUT2D eigenvalue weighted by atomic mass is 9.97. The topological polar surface area (TPSA) is 104 Å². The Morgan fingerprint density at radius 1 is 0.973 bits per heavy atom. The van der Waals surface area contributed by atoms with E-state index in [1.165, 1.54) is 18.2 Å². The number of hydrogen-bond donors (Lipinski definition) is 0. The highest BCUT2D eigenvalue weighted by Gasteiger charge is 2.32. The van der Waals surface area contributed by atoms with Gasteiger partial charge in [-0.25, -0.2) is 8.42 Å². The van der Waals surface area contributed by atoms with Crippen LogP contribution in [0.15, 0.2) is 58.4 Å². The van der Waals surface area contributed by atoms with E-state index in [1.54, 1.807) is 35.6 Å². The number of nitrogens with zero attached hydrogens (tertiary/aromatic N) is 4. The van der Waals surface area contributed by atoms with Gasteiger partial charge in [0.05, 0.1) is 24.1 Å². The van der Waals surface area contributed by atoms with Crippen LogP contribution in [0.1, 0.15) is 45.7 Å². The summed E-state index contributed by atoms with van der Waals surface area (Å²) < 4.78 is 30.6. The smallest absolute Gasteiger partial charge is 0.308 e. The molecule has 10 heteroatoms. The lowest BCUT2D eigenvalue weighted by molar-refractivity contribution is -0.141. The molecule has 0 saturated heterocycles. The number of hydrogen-bond acceptors (Lipinski definition) is 8. The summed E-state index contributed by atoms with van der Waals surface area (Å²) >= 11 is 1.66. The van der Waals surface area contributed by atoms with Crippen molar-refractivity contribution in [2.75, 3.05) is 13.4 Å². The maximum absolute atomic E-state index is 12.3. The first kappa shape index (κ1) is 25.0. The van der Waals surface area contributed by atoms with Gasteiger partial charge in [0, 0.05) is 22.3 Å². The number of carbonyl (C=O) groups excluding carboxylic acids is 1. The van der Waals surface area contributed by atoms with E-state index in [-0.39, 0.29) is 17.3 Å². The predicted molar refractivity (Wildman–Crippen MR) is 143 cm³/mol. The van der Waals surface area contributed by atoms with Gasteiger partial charge in [0.2, 0.25) is 0 Å². The lowest BCUT2D eigenvalue weighted by Gasteiger charge is -2.12. The molecule has 8 nitrogen and oxygen atoms in total. The number of carbonyl (C=O) groups is 1. The zero-order valence-corrected chi connectivity index (χ0v) is 22.8. The average Bonchev–Trinajstić information content (AvgIpc) is 3.35. The molecule has 1 aliphatic heterocycles. The fourth-order valence-corrected chi connectivity index (χ4v) is 6.33. The number of benzene rings is 2. The number of fused-ring (bicyclic) bond motifs is 3. The summed E-state index contributed by atoms with van der Waals surface area (Å²) in [6, 6.07) is 14.3. The lowest BCUT2D eigenvalue weighted by Crippen LogP contribution is -2.12. The van der Waals surface area contributed by atoms with Crippen LogP contribution in [0.2, 0.25) is 0 Å². The first-order chi connectivity index (χ1) is 17.6. The maximum Gasteiger partial charge on any atom is 0.308 e. The third kappa shape index (κ3) is 4.51. The molecule has 0 radical (unpaired) electrons. The molecule has 0 saturated carbocycles. The molecular formula is C27H26N4O4S2. The Kier molecular flexibility index (Phi) is 6.33. The van der Waals surface area contributed by atoms with Crippen LogP contribution in [-0.4, -0.2) is 48.2 Å². The minimum Gasteiger partial charge on any atom is -0.469 e. The molecule has 3 heterocycles. The molecule has 0 amide bonds. The van der Waals surface area contributed by atoms with Gasteiger partial charge in [-0.15, -0.1) is 21.5 Å². The van der Waals surface area contributed by atoms with Gasteiger partial charge in [-0.2, -0.15) is 0 Å². The molecule has 2 aromatic carbocycles. The summed E-state index contributed by atoms with van der Waals surface area (Å²) in [7, 11) is -1.89. The van der Waals surface area contributed by atoms with Crippen LogP contribution in [0.3, 0.4) is 0 Å². The van der Waals surface area contributed by atoms with Crippen LogP contribution in [0, 0.1) is 20.8 Å². The molecule has 0 bridgehead atoms. The molecule has 0 fully saturated rings. The van der Waals surface area contributed by atoms with Gasteiger partial charge >= 0.3 is 5.97 Å². The van der Waals surface area contributed by atoms with E-state index in [9.17, 15) is 13.2 Å². The van der Waals surface area contributed by atoms with Crippen LogP contribution < -0.4 is 0 Å². The van der Waals surface area contributed by atoms with Crippen molar-refractivity contribution in [3.05, 3.63) is 81.7 Å². The molecule has 0 spiro atoms. The second kappa shape index (κ2) is 9.35. The fourth-order valence-electron chi connectivity index (χ4n) is 4.48. The van der Waals surface area contributed by atoms with Crippen LogP contribution in [0.25, 0.3) is 16.1 Å². The van der Waals surface area contributed by atoms with E-state index < -0.39 is 15.9 Å². The Hall–Kier alpha value is -3.63. The van der Waals surface area contributed by atoms with Crippen LogP contribution in [0.4, 0.5) is 0 Å². The number of ether oxygens (including phenoxy) is 1. The Morgan fingerprint density at radius 2 is 1.57 bits per heavy atom. The Morgan fingerprint density at radius 3 is 2.16 bits per heavy atom. The number of rotatable bonds is 5. The Bertz CT molecular complexity index is 1650. The summed E-state index contributed by atoms with van der Waals surface area (Å²) in [6.07, 6.45) is 1.25. The van der Waals surface area contributed by atoms with E-state index in [0.29, 0.717) is 5.82 Å². The number of esters is 1. The molecule has 0 unspecified atom stereocenters. The van der Waals surface area contributed by atoms with Gasteiger partial charge in [0.1, 0.15) is 16.9 Å². The van der Waals surface area contributed by atoms with Crippen molar-refractivity contribution in [1.82, 2.24) is 14.8 Å². The van der Waals surface area contributed by atoms with E-state index in [1.807, 2.05) is 35.8 Å². The highest BCUT2D eigenvalue weighted by Crippen LogP contribution is 2.39. The van der Waals surface area contributed by atoms with Crippen molar-refractivity contribution in [3.63, 3.8) is 0 Å². The van der Waals surface area contributed by atoms with Gasteiger partial charge in [-0.1, -0.05) is 36.4 Å². The van der Waals surface area contributed by atoms with Crippen molar-refractivity contribution < 1.29 is 17.9 Å². The van der Waals surface area contributed by atoms with Crippen LogP contribution >= 0.6 is 11.3 Å². The molecule has 1 aliphatic rings. The molecule has 2 aromatic heterocycles. The van der Waals surface area contributed by atoms with Gasteiger partial charge < -0.3 is 4.74 Å². The second-order valence-corrected chi connectivity index (χ2v) is 12.3. The molecular weight excluding hydrogens is 508 g/mol. The minimum absolute atomic E-state index is 0.0515. The highest BCUT2D eigenvalue weighted by atomic mass is 32.2. The van der Waals surface area contributed by atoms with E-state index in [0.717, 1.165) is 44.4 Å². The summed E-state index contributed by atoms with van der Waals surface area (Å²) in [4.78, 5) is 18.8. The SMILES string of the molecule is COC(=O)C[C@@H]1N=C(c2ccc(-c3ccc(S(C)(=O)=O)cc3)cc2)c2c(sc(C)c2C)-n2c(C)nnc21. The monoisotopic (exact) mass is 534 g/mol. The van der Waals surface area contributed by atoms with Gasteiger partial charge in [0.25, 0.3) is 0 Å². The normalized spacial score (nSPS) is 14.9. The number of aromatic nitrogens is 3. The minimum atomic E-state index is -3.25. The van der Waals surface area contributed by atoms with Crippen LogP contribution in [-0.2, 0) is 19.4 Å². The first-order valence-electron chi connectivity index (χ1n) is 11.7. The number of aryl methyl sites for hydroxylation is 2. The third-order valence-corrected chi connectivity index (χ3v) is 8.92. The van der Waals surface area contributed by atoms with Gasteiger partial charge in [0.15, 0.2) is 15.7 Å². The average molecular weight is 535 g/mol. The third-order valence-electron chi connectivity index (χ3n) is 6.60. The maximum atomic E-state index is 12.3. The Balaban J connectivity index is 1.62. The molecule has 1 atom stereocenters. The van der Waals surface area contributed by atoms with Crippen molar-refractivity contribution in [2.24, 2.45) is 4.99 Å². The van der Waals surface area contributed by atoms with Gasteiger partial charge in [-0.05, 0) is 49.6 Å². The standard InChI is InChI=1S/C27H26N4O4S2/c1-15-16(2)36-27-24(15)25(28-22(14-23(32)35-4)26-30-29-17(3)31(26)27)20-8-6-18(7-9-20)19-10-12-21(13-11-19)37(5,33)34/h6-13,22H,14H2,1-5H3/t22-/m0/s1. The highest BCUT2D eigenvalue weighted by molar-refractivity contribution is 7.90. The number of methoxy groups -OCH3 is 1. The van der Waals surface area contributed by atoms with Crippen molar-refractivity contribution in [3.8, 4) is 16.1 Å².